The van der Waals surface area contributed by atoms with Crippen LogP contribution in [0.2, 0.25) is 5.15 Å². The lowest BCUT2D eigenvalue weighted by Gasteiger charge is -2.36. The van der Waals surface area contributed by atoms with Crippen molar-refractivity contribution < 1.29 is 14.3 Å². The number of nitrogens with one attached hydrogen (secondary N) is 2. The average Bonchev–Trinajstić information content (AvgIpc) is 2.88. The monoisotopic (exact) mass is 390 g/mol. The van der Waals surface area contributed by atoms with Crippen LogP contribution in [0.15, 0.2) is 0 Å². The fourth-order valence-corrected chi connectivity index (χ4v) is 3.15. The second-order valence-corrected chi connectivity index (χ2v) is 7.94. The fraction of sp³-hybridized carbons (Fsp3) is 0.688. The molecule has 1 fully saturated rings. The van der Waals surface area contributed by atoms with Crippen molar-refractivity contribution in [3.63, 3.8) is 0 Å². The number of aryl methyl sites for hydroxylation is 1. The van der Waals surface area contributed by atoms with Crippen molar-refractivity contribution in [3.8, 4) is 0 Å². The summed E-state index contributed by atoms with van der Waals surface area (Å²) in [5.41, 5.74) is 0.161. The van der Waals surface area contributed by atoms with Crippen molar-refractivity contribution in [3.05, 3.63) is 16.7 Å². The Bertz CT molecular complexity index is 642. The molecule has 1 aromatic heterocycles. The number of aromatic nitrogens is 2. The number of nitrogens with zero attached hydrogens (tertiary/aromatic N) is 2. The quantitative estimate of drug-likeness (QED) is 0.776. The molecule has 0 radical (unpaired) electrons. The molecule has 0 saturated carbocycles. The maximum absolute atomic E-state index is 12.3. The van der Waals surface area contributed by atoms with Gasteiger partial charge in [0.15, 0.2) is 11.0 Å². The summed E-state index contributed by atoms with van der Waals surface area (Å²) < 4.78 is 5.35. The lowest BCUT2D eigenvalue weighted by atomic mass is 10.0. The second kappa shape index (κ2) is 7.83. The third kappa shape index (κ3) is 5.25. The molecule has 2 N–H and O–H groups in total. The van der Waals surface area contributed by atoms with Crippen molar-refractivity contribution in [1.82, 2.24) is 20.2 Å². The summed E-state index contributed by atoms with van der Waals surface area (Å²) in [6.07, 6.45) is 0.799. The van der Waals surface area contributed by atoms with E-state index in [1.807, 2.05) is 27.7 Å². The van der Waals surface area contributed by atoms with Crippen molar-refractivity contribution in [2.24, 2.45) is 0 Å². The molecule has 1 saturated heterocycles. The topological polar surface area (TPSA) is 87.3 Å². The molecule has 1 aliphatic heterocycles. The number of H-pyrrole nitrogens is 1. The van der Waals surface area contributed by atoms with Crippen LogP contribution in [0, 0.1) is 0 Å². The van der Waals surface area contributed by atoms with E-state index in [1.165, 1.54) is 0 Å². The second-order valence-electron chi connectivity index (χ2n) is 7.02. The van der Waals surface area contributed by atoms with E-state index < -0.39 is 17.1 Å². The van der Waals surface area contributed by atoms with E-state index in [4.69, 9.17) is 27.9 Å². The third-order valence-corrected chi connectivity index (χ3v) is 4.56. The number of piperidine rings is 1. The largest absolute Gasteiger partial charge is 0.444 e. The Morgan fingerprint density at radius 1 is 1.44 bits per heavy atom. The molecule has 25 heavy (non-hydrogen) atoms. The number of hydrogen-bond donors (Lipinski definition) is 2. The van der Waals surface area contributed by atoms with E-state index in [2.05, 4.69) is 15.3 Å². The summed E-state index contributed by atoms with van der Waals surface area (Å²) in [6.45, 7) is 8.13. The van der Waals surface area contributed by atoms with E-state index in [9.17, 15) is 9.59 Å². The van der Waals surface area contributed by atoms with Crippen LogP contribution < -0.4 is 5.32 Å². The number of rotatable bonds is 3. The minimum absolute atomic E-state index is 0.167. The van der Waals surface area contributed by atoms with E-state index in [-0.39, 0.29) is 17.8 Å². The molecule has 2 rings (SSSR count). The summed E-state index contributed by atoms with van der Waals surface area (Å²) in [7, 11) is 0. The van der Waals surface area contributed by atoms with Crippen LogP contribution >= 0.6 is 23.2 Å². The summed E-state index contributed by atoms with van der Waals surface area (Å²) in [5.74, 6) is -0.191. The maximum atomic E-state index is 12.3. The highest BCUT2D eigenvalue weighted by atomic mass is 35.5. The van der Waals surface area contributed by atoms with Gasteiger partial charge in [-0.3, -0.25) is 4.79 Å². The number of imidazole rings is 1. The Labute approximate surface area is 157 Å². The molecule has 1 aromatic rings. The number of likely N-dealkylation sites (tertiary alicyclic amines) is 1. The summed E-state index contributed by atoms with van der Waals surface area (Å²) in [6, 6.07) is -0.262. The number of carbonyl (C=O) groups excluding carboxylic acids is 2. The zero-order valence-corrected chi connectivity index (χ0v) is 16.4. The highest BCUT2D eigenvalue weighted by Crippen LogP contribution is 2.20. The van der Waals surface area contributed by atoms with Crippen molar-refractivity contribution in [1.29, 1.82) is 0 Å². The lowest BCUT2D eigenvalue weighted by Crippen LogP contribution is -2.54. The van der Waals surface area contributed by atoms with Gasteiger partial charge in [-0.2, -0.15) is 0 Å². The Balaban J connectivity index is 1.92. The number of hydrogen-bond acceptors (Lipinski definition) is 4. The van der Waals surface area contributed by atoms with Gasteiger partial charge in [0.2, 0.25) is 0 Å². The fourth-order valence-electron chi connectivity index (χ4n) is 2.53. The van der Waals surface area contributed by atoms with Crippen molar-refractivity contribution in [2.75, 3.05) is 13.1 Å². The molecule has 0 bridgehead atoms. The minimum Gasteiger partial charge on any atom is -0.444 e. The van der Waals surface area contributed by atoms with Crippen molar-refractivity contribution >= 4 is 35.2 Å². The van der Waals surface area contributed by atoms with Gasteiger partial charge in [-0.1, -0.05) is 18.5 Å². The molecule has 2 heterocycles. The number of alkyl halides is 1. The van der Waals surface area contributed by atoms with Gasteiger partial charge in [0, 0.05) is 19.1 Å². The van der Waals surface area contributed by atoms with E-state index in [1.54, 1.807) is 4.90 Å². The Morgan fingerprint density at radius 3 is 2.64 bits per heavy atom. The lowest BCUT2D eigenvalue weighted by molar-refractivity contribution is 0.0203. The van der Waals surface area contributed by atoms with Crippen LogP contribution in [0.5, 0.6) is 0 Å². The molecule has 1 aliphatic rings. The third-order valence-electron chi connectivity index (χ3n) is 3.81. The van der Waals surface area contributed by atoms with Crippen molar-refractivity contribution in [2.45, 2.75) is 57.6 Å². The predicted octanol–water partition coefficient (Wildman–Crippen LogP) is 2.97. The number of ether oxygens (including phenoxy) is 1. The zero-order chi connectivity index (χ0) is 18.8. The number of amides is 2. The van der Waals surface area contributed by atoms with Gasteiger partial charge < -0.3 is 19.9 Å². The molecular formula is C16H24Cl2N4O3. The predicted molar refractivity (Wildman–Crippen MR) is 96.3 cm³/mol. The first-order valence-electron chi connectivity index (χ1n) is 8.28. The van der Waals surface area contributed by atoms with Crippen LogP contribution in [0.1, 0.15) is 50.4 Å². The van der Waals surface area contributed by atoms with Crippen LogP contribution in [0.4, 0.5) is 4.79 Å². The van der Waals surface area contributed by atoms with Gasteiger partial charge >= 0.3 is 6.09 Å². The molecular weight excluding hydrogens is 367 g/mol. The highest BCUT2D eigenvalue weighted by Gasteiger charge is 2.33. The van der Waals surface area contributed by atoms with Gasteiger partial charge in [0.25, 0.3) is 5.91 Å². The SMILES string of the molecule is CCc1[nH]c(C(=O)NC2CCN(C(=O)OC(C)(C)C)CC2Cl)nc1Cl. The Hall–Kier alpha value is -1.47. The molecule has 7 nitrogen and oxygen atoms in total. The van der Waals surface area contributed by atoms with Crippen LogP contribution in [0.3, 0.4) is 0 Å². The van der Waals surface area contributed by atoms with E-state index in [0.29, 0.717) is 36.8 Å². The average molecular weight is 391 g/mol. The van der Waals surface area contributed by atoms with Gasteiger partial charge in [0.1, 0.15) is 5.60 Å². The molecule has 2 amide bonds. The molecule has 9 heteroatoms. The van der Waals surface area contributed by atoms with E-state index >= 15 is 0 Å². The Kier molecular flexibility index (Phi) is 6.21. The first kappa shape index (κ1) is 19.8. The summed E-state index contributed by atoms with van der Waals surface area (Å²) in [5, 5.41) is 2.74. The molecule has 140 valence electrons. The summed E-state index contributed by atoms with van der Waals surface area (Å²) >= 11 is 12.3. The van der Waals surface area contributed by atoms with Gasteiger partial charge in [-0.15, -0.1) is 11.6 Å². The smallest absolute Gasteiger partial charge is 0.410 e. The minimum atomic E-state index is -0.556. The normalized spacial score (nSPS) is 21.1. The highest BCUT2D eigenvalue weighted by molar-refractivity contribution is 6.30. The maximum Gasteiger partial charge on any atom is 0.410 e. The van der Waals surface area contributed by atoms with Crippen LogP contribution in [-0.2, 0) is 11.2 Å². The number of aromatic amines is 1. The number of carbonyl (C=O) groups is 2. The van der Waals surface area contributed by atoms with Gasteiger partial charge in [-0.25, -0.2) is 9.78 Å². The first-order chi connectivity index (χ1) is 11.6. The standard InChI is InChI=1S/C16H24Cl2N4O3/c1-5-10-12(18)21-13(19-10)14(23)20-11-6-7-22(8-9(11)17)15(24)25-16(2,3)4/h9,11H,5-8H2,1-4H3,(H,19,21)(H,20,23). The summed E-state index contributed by atoms with van der Waals surface area (Å²) in [4.78, 5) is 32.9. The van der Waals surface area contributed by atoms with Crippen LogP contribution in [-0.4, -0.2) is 57.0 Å². The molecule has 0 aromatic carbocycles. The zero-order valence-electron chi connectivity index (χ0n) is 14.9. The first-order valence-corrected chi connectivity index (χ1v) is 9.09. The van der Waals surface area contributed by atoms with Gasteiger partial charge in [0.05, 0.1) is 11.1 Å². The molecule has 2 unspecified atom stereocenters. The van der Waals surface area contributed by atoms with Crippen LogP contribution in [0.25, 0.3) is 0 Å². The molecule has 0 spiro atoms. The molecule has 0 aliphatic carbocycles. The van der Waals surface area contributed by atoms with Gasteiger partial charge in [-0.05, 0) is 33.6 Å². The number of halogens is 2. The molecule has 2 atom stereocenters. The Morgan fingerprint density at radius 2 is 2.12 bits per heavy atom. The van der Waals surface area contributed by atoms with E-state index in [0.717, 1.165) is 0 Å².